The minimum atomic E-state index is -0.0325. The van der Waals surface area contributed by atoms with E-state index < -0.39 is 0 Å². The van der Waals surface area contributed by atoms with Crippen LogP contribution in [0.5, 0.6) is 0 Å². The van der Waals surface area contributed by atoms with Crippen molar-refractivity contribution < 1.29 is 4.79 Å². The van der Waals surface area contributed by atoms with Crippen LogP contribution in [0.4, 0.5) is 0 Å². The molecular formula is C28H35NO. The maximum absolute atomic E-state index is 12.0. The van der Waals surface area contributed by atoms with Crippen LogP contribution in [0.2, 0.25) is 0 Å². The Hall–Kier alpha value is -2.35. The molecule has 4 rings (SSSR count). The van der Waals surface area contributed by atoms with Crippen molar-refractivity contribution in [3.63, 3.8) is 0 Å². The zero-order valence-corrected chi connectivity index (χ0v) is 19.1. The van der Waals surface area contributed by atoms with E-state index in [0.29, 0.717) is 6.54 Å². The summed E-state index contributed by atoms with van der Waals surface area (Å²) in [7, 11) is 0. The minimum Gasteiger partial charge on any atom is -0.353 e. The van der Waals surface area contributed by atoms with Gasteiger partial charge in [-0.25, -0.2) is 0 Å². The van der Waals surface area contributed by atoms with Gasteiger partial charge < -0.3 is 5.32 Å². The number of hydrogen-bond donors (Lipinski definition) is 1. The van der Waals surface area contributed by atoms with E-state index in [0.717, 1.165) is 5.56 Å². The van der Waals surface area contributed by atoms with Crippen LogP contribution in [-0.4, -0.2) is 12.5 Å². The highest BCUT2D eigenvalue weighted by Crippen LogP contribution is 2.56. The first-order valence-electron chi connectivity index (χ1n) is 11.4. The van der Waals surface area contributed by atoms with Crippen LogP contribution in [0.3, 0.4) is 0 Å². The van der Waals surface area contributed by atoms with Gasteiger partial charge in [-0.05, 0) is 77.3 Å². The molecule has 2 aliphatic rings. The van der Waals surface area contributed by atoms with Crippen molar-refractivity contribution in [2.24, 2.45) is 0 Å². The SMILES string of the molecule is CCNC(=O)/C=C/c1ccccc1C1(c2ccc3c(c2)C(C)(C)CCC3(C)C)CC1. The second-order valence-corrected chi connectivity index (χ2v) is 10.4. The van der Waals surface area contributed by atoms with Crippen molar-refractivity contribution in [3.8, 4) is 0 Å². The predicted molar refractivity (Wildman–Crippen MR) is 126 cm³/mol. The molecule has 1 amide bonds. The Kier molecular flexibility index (Phi) is 5.16. The van der Waals surface area contributed by atoms with E-state index in [-0.39, 0.29) is 22.2 Å². The first kappa shape index (κ1) is 20.9. The molecule has 1 N–H and O–H groups in total. The van der Waals surface area contributed by atoms with Crippen LogP contribution in [0.1, 0.15) is 88.1 Å². The van der Waals surface area contributed by atoms with Gasteiger partial charge >= 0.3 is 0 Å². The van der Waals surface area contributed by atoms with E-state index in [4.69, 9.17) is 0 Å². The predicted octanol–water partition coefficient (Wildman–Crippen LogP) is 6.26. The molecule has 2 aliphatic carbocycles. The molecule has 0 aliphatic heterocycles. The molecular weight excluding hydrogens is 366 g/mol. The summed E-state index contributed by atoms with van der Waals surface area (Å²) in [5, 5.41) is 2.85. The number of benzene rings is 2. The number of likely N-dealkylation sites (N-methyl/N-ethyl adjacent to an activating group) is 1. The fourth-order valence-electron chi connectivity index (χ4n) is 5.20. The van der Waals surface area contributed by atoms with E-state index >= 15 is 0 Å². The molecule has 0 heterocycles. The van der Waals surface area contributed by atoms with Gasteiger partial charge in [-0.15, -0.1) is 0 Å². The average molecular weight is 402 g/mol. The highest BCUT2D eigenvalue weighted by atomic mass is 16.1. The van der Waals surface area contributed by atoms with Crippen molar-refractivity contribution in [3.05, 3.63) is 76.4 Å². The van der Waals surface area contributed by atoms with E-state index in [1.165, 1.54) is 47.9 Å². The van der Waals surface area contributed by atoms with Gasteiger partial charge in [0.05, 0.1) is 0 Å². The van der Waals surface area contributed by atoms with E-state index in [2.05, 4.69) is 75.5 Å². The van der Waals surface area contributed by atoms with Crippen LogP contribution >= 0.6 is 0 Å². The van der Waals surface area contributed by atoms with E-state index in [9.17, 15) is 4.79 Å². The largest absolute Gasteiger partial charge is 0.353 e. The normalized spacial score (nSPS) is 20.6. The zero-order chi connectivity index (χ0) is 21.6. The fourth-order valence-corrected chi connectivity index (χ4v) is 5.20. The number of hydrogen-bond acceptors (Lipinski definition) is 1. The molecule has 0 atom stereocenters. The number of amides is 1. The summed E-state index contributed by atoms with van der Waals surface area (Å²) in [6.45, 7) is 12.2. The van der Waals surface area contributed by atoms with Gasteiger partial charge in [0.15, 0.2) is 0 Å². The maximum Gasteiger partial charge on any atom is 0.243 e. The average Bonchev–Trinajstić information content (AvgIpc) is 3.52. The number of carbonyl (C=O) groups excluding carboxylic acids is 1. The van der Waals surface area contributed by atoms with Crippen LogP contribution in [0, 0.1) is 0 Å². The lowest BCUT2D eigenvalue weighted by molar-refractivity contribution is -0.116. The van der Waals surface area contributed by atoms with Crippen molar-refractivity contribution in [1.29, 1.82) is 0 Å². The fraction of sp³-hybridized carbons (Fsp3) is 0.464. The molecule has 0 spiro atoms. The number of rotatable bonds is 5. The molecule has 2 aromatic carbocycles. The lowest BCUT2D eigenvalue weighted by atomic mass is 9.62. The summed E-state index contributed by atoms with van der Waals surface area (Å²) in [4.78, 5) is 12.0. The van der Waals surface area contributed by atoms with Crippen LogP contribution in [-0.2, 0) is 21.0 Å². The van der Waals surface area contributed by atoms with Gasteiger partial charge in [-0.1, -0.05) is 70.2 Å². The van der Waals surface area contributed by atoms with Crippen molar-refractivity contribution >= 4 is 12.0 Å². The van der Waals surface area contributed by atoms with Crippen molar-refractivity contribution in [1.82, 2.24) is 5.32 Å². The summed E-state index contributed by atoms with van der Waals surface area (Å²) in [6, 6.07) is 15.9. The van der Waals surface area contributed by atoms with Gasteiger partial charge in [0.1, 0.15) is 0 Å². The Labute approximate surface area is 181 Å². The van der Waals surface area contributed by atoms with Gasteiger partial charge in [-0.3, -0.25) is 4.79 Å². The second-order valence-electron chi connectivity index (χ2n) is 10.4. The lowest BCUT2D eigenvalue weighted by Crippen LogP contribution is -2.34. The van der Waals surface area contributed by atoms with Gasteiger partial charge in [0.2, 0.25) is 5.91 Å². The Morgan fingerprint density at radius 3 is 2.23 bits per heavy atom. The van der Waals surface area contributed by atoms with Crippen molar-refractivity contribution in [2.75, 3.05) is 6.54 Å². The molecule has 0 unspecified atom stereocenters. The second kappa shape index (κ2) is 7.41. The highest BCUT2D eigenvalue weighted by Gasteiger charge is 2.48. The smallest absolute Gasteiger partial charge is 0.243 e. The zero-order valence-electron chi connectivity index (χ0n) is 19.1. The number of nitrogens with one attached hydrogen (secondary N) is 1. The first-order valence-corrected chi connectivity index (χ1v) is 11.4. The van der Waals surface area contributed by atoms with Gasteiger partial charge in [0.25, 0.3) is 0 Å². The summed E-state index contributed by atoms with van der Waals surface area (Å²) in [6.07, 6.45) is 8.45. The summed E-state index contributed by atoms with van der Waals surface area (Å²) in [5.74, 6) is -0.0325. The van der Waals surface area contributed by atoms with Crippen LogP contribution < -0.4 is 5.32 Å². The Bertz CT molecular complexity index is 991. The number of fused-ring (bicyclic) bond motifs is 1. The molecule has 2 nitrogen and oxygen atoms in total. The molecule has 2 aromatic rings. The third-order valence-corrected chi connectivity index (χ3v) is 7.40. The Balaban J connectivity index is 1.76. The highest BCUT2D eigenvalue weighted by molar-refractivity contribution is 5.92. The summed E-state index contributed by atoms with van der Waals surface area (Å²) >= 11 is 0. The van der Waals surface area contributed by atoms with Crippen LogP contribution in [0.25, 0.3) is 6.08 Å². The molecule has 1 saturated carbocycles. The van der Waals surface area contributed by atoms with Gasteiger partial charge in [-0.2, -0.15) is 0 Å². The molecule has 0 bridgehead atoms. The number of carbonyl (C=O) groups is 1. The third kappa shape index (κ3) is 3.62. The molecule has 30 heavy (non-hydrogen) atoms. The monoisotopic (exact) mass is 401 g/mol. The molecule has 0 radical (unpaired) electrons. The van der Waals surface area contributed by atoms with Gasteiger partial charge in [0, 0.05) is 18.0 Å². The van der Waals surface area contributed by atoms with Crippen molar-refractivity contribution in [2.45, 2.75) is 76.5 Å². The maximum atomic E-state index is 12.0. The quantitative estimate of drug-likeness (QED) is 0.588. The van der Waals surface area contributed by atoms with E-state index in [1.54, 1.807) is 6.08 Å². The minimum absolute atomic E-state index is 0.0325. The Morgan fingerprint density at radius 1 is 0.900 bits per heavy atom. The molecule has 0 saturated heterocycles. The molecule has 158 valence electrons. The first-order chi connectivity index (χ1) is 14.2. The summed E-state index contributed by atoms with van der Waals surface area (Å²) < 4.78 is 0. The lowest BCUT2D eigenvalue weighted by Gasteiger charge is -2.42. The molecule has 2 heteroatoms. The van der Waals surface area contributed by atoms with Crippen LogP contribution in [0.15, 0.2) is 48.5 Å². The molecule has 0 aromatic heterocycles. The van der Waals surface area contributed by atoms with E-state index in [1.807, 2.05) is 13.0 Å². The molecule has 1 fully saturated rings. The summed E-state index contributed by atoms with van der Waals surface area (Å²) in [5.41, 5.74) is 7.51. The third-order valence-electron chi connectivity index (χ3n) is 7.40. The standard InChI is InChI=1S/C28H35NO/c1-6-29-25(30)14-11-20-9-7-8-10-22(20)28(17-18-28)21-12-13-23-24(19-21)27(4,5)16-15-26(23,2)3/h7-14,19H,6,15-18H2,1-5H3,(H,29,30)/b14-11+. The Morgan fingerprint density at radius 2 is 1.57 bits per heavy atom. The topological polar surface area (TPSA) is 29.1 Å².